The predicted octanol–water partition coefficient (Wildman–Crippen LogP) is 4.63. The van der Waals surface area contributed by atoms with E-state index in [1.807, 2.05) is 0 Å². The Kier molecular flexibility index (Phi) is 4.04. The summed E-state index contributed by atoms with van der Waals surface area (Å²) in [5.41, 5.74) is 0.782. The highest BCUT2D eigenvalue weighted by Gasteiger charge is 2.37. The summed E-state index contributed by atoms with van der Waals surface area (Å²) in [5, 5.41) is 3.57. The molecule has 1 aromatic rings. The third kappa shape index (κ3) is 3.63. The summed E-state index contributed by atoms with van der Waals surface area (Å²) in [7, 11) is 0. The molecule has 0 spiro atoms. The normalized spacial score (nSPS) is 28.6. The zero-order valence-electron chi connectivity index (χ0n) is 13.0. The highest BCUT2D eigenvalue weighted by atomic mass is 19.1. The molecule has 2 aliphatic carbocycles. The summed E-state index contributed by atoms with van der Waals surface area (Å²) in [4.78, 5) is 0. The second-order valence-electron chi connectivity index (χ2n) is 7.62. The van der Waals surface area contributed by atoms with Crippen LogP contribution in [0.5, 0.6) is 0 Å². The van der Waals surface area contributed by atoms with E-state index in [-0.39, 0.29) is 23.0 Å². The molecule has 1 aromatic carbocycles. The maximum absolute atomic E-state index is 14.2. The van der Waals surface area contributed by atoms with Crippen molar-refractivity contribution in [3.63, 3.8) is 0 Å². The molecule has 2 saturated carbocycles. The maximum atomic E-state index is 14.2. The van der Waals surface area contributed by atoms with Crippen molar-refractivity contribution in [1.82, 2.24) is 5.32 Å². The van der Waals surface area contributed by atoms with Crippen molar-refractivity contribution in [2.75, 3.05) is 6.54 Å². The largest absolute Gasteiger partial charge is 0.314 e. The zero-order valence-corrected chi connectivity index (χ0v) is 13.0. The first-order valence-electron chi connectivity index (χ1n) is 8.13. The Labute approximate surface area is 126 Å². The molecule has 0 aliphatic heterocycles. The second-order valence-corrected chi connectivity index (χ2v) is 7.62. The standard InChI is InChI=1S/C18H25F2N/c1-18(2)8-7-12(11-21-14-4-5-14)16(10-18)15-9-13(19)3-6-17(15)20/h3,6,9,12,14,16,21H,4-5,7-8,10-11H2,1-2H3. The van der Waals surface area contributed by atoms with Gasteiger partial charge in [0.1, 0.15) is 11.6 Å². The van der Waals surface area contributed by atoms with Crippen LogP contribution in [0, 0.1) is 23.0 Å². The quantitative estimate of drug-likeness (QED) is 0.853. The molecule has 0 aromatic heterocycles. The lowest BCUT2D eigenvalue weighted by molar-refractivity contribution is 0.157. The molecular weight excluding hydrogens is 268 g/mol. The molecule has 0 saturated heterocycles. The fraction of sp³-hybridized carbons (Fsp3) is 0.667. The summed E-state index contributed by atoms with van der Waals surface area (Å²) in [6.07, 6.45) is 5.71. The Bertz CT molecular complexity index is 506. The Hall–Kier alpha value is -0.960. The molecule has 0 bridgehead atoms. The van der Waals surface area contributed by atoms with Crippen LogP contribution >= 0.6 is 0 Å². The predicted molar refractivity (Wildman–Crippen MR) is 81.2 cm³/mol. The number of hydrogen-bond acceptors (Lipinski definition) is 1. The fourth-order valence-corrected chi connectivity index (χ4v) is 3.65. The molecule has 0 heterocycles. The molecule has 2 unspecified atom stereocenters. The maximum Gasteiger partial charge on any atom is 0.126 e. The minimum atomic E-state index is -0.330. The molecule has 21 heavy (non-hydrogen) atoms. The molecule has 116 valence electrons. The zero-order chi connectivity index (χ0) is 15.0. The molecule has 2 fully saturated rings. The van der Waals surface area contributed by atoms with Gasteiger partial charge in [-0.15, -0.1) is 0 Å². The number of rotatable bonds is 4. The van der Waals surface area contributed by atoms with Gasteiger partial charge in [0.15, 0.2) is 0 Å². The van der Waals surface area contributed by atoms with Gasteiger partial charge >= 0.3 is 0 Å². The lowest BCUT2D eigenvalue weighted by atomic mass is 9.65. The third-order valence-electron chi connectivity index (χ3n) is 5.14. The van der Waals surface area contributed by atoms with E-state index in [2.05, 4.69) is 19.2 Å². The van der Waals surface area contributed by atoms with Crippen molar-refractivity contribution in [1.29, 1.82) is 0 Å². The van der Waals surface area contributed by atoms with Gasteiger partial charge < -0.3 is 5.32 Å². The Morgan fingerprint density at radius 3 is 2.67 bits per heavy atom. The van der Waals surface area contributed by atoms with Gasteiger partial charge in [0.2, 0.25) is 0 Å². The highest BCUT2D eigenvalue weighted by Crippen LogP contribution is 2.47. The minimum absolute atomic E-state index is 0.121. The Balaban J connectivity index is 1.82. The van der Waals surface area contributed by atoms with Crippen molar-refractivity contribution in [3.8, 4) is 0 Å². The van der Waals surface area contributed by atoms with Crippen molar-refractivity contribution in [3.05, 3.63) is 35.4 Å². The van der Waals surface area contributed by atoms with Gasteiger partial charge in [0.25, 0.3) is 0 Å². The molecular formula is C18H25F2N. The van der Waals surface area contributed by atoms with Crippen LogP contribution in [-0.4, -0.2) is 12.6 Å². The summed E-state index contributed by atoms with van der Waals surface area (Å²) >= 11 is 0. The van der Waals surface area contributed by atoms with Crippen LogP contribution in [0.25, 0.3) is 0 Å². The summed E-state index contributed by atoms with van der Waals surface area (Å²) in [6.45, 7) is 5.41. The van der Waals surface area contributed by atoms with Crippen LogP contribution in [0.3, 0.4) is 0 Å². The van der Waals surface area contributed by atoms with Gasteiger partial charge in [0, 0.05) is 6.04 Å². The van der Waals surface area contributed by atoms with E-state index in [9.17, 15) is 8.78 Å². The van der Waals surface area contributed by atoms with Crippen LogP contribution in [0.1, 0.15) is 57.4 Å². The molecule has 0 radical (unpaired) electrons. The first-order valence-corrected chi connectivity index (χ1v) is 8.13. The Morgan fingerprint density at radius 1 is 1.19 bits per heavy atom. The van der Waals surface area contributed by atoms with E-state index in [1.165, 1.54) is 31.0 Å². The lowest BCUT2D eigenvalue weighted by Crippen LogP contribution is -2.35. The van der Waals surface area contributed by atoms with E-state index in [1.54, 1.807) is 0 Å². The van der Waals surface area contributed by atoms with Crippen molar-refractivity contribution < 1.29 is 8.78 Å². The SMILES string of the molecule is CC1(C)CCC(CNC2CC2)C(c2cc(F)ccc2F)C1. The summed E-state index contributed by atoms with van der Waals surface area (Å²) in [6, 6.07) is 4.56. The van der Waals surface area contributed by atoms with E-state index in [0.29, 0.717) is 17.5 Å². The van der Waals surface area contributed by atoms with Crippen LogP contribution in [0.4, 0.5) is 8.78 Å². The van der Waals surface area contributed by atoms with E-state index in [4.69, 9.17) is 0 Å². The number of hydrogen-bond donors (Lipinski definition) is 1. The van der Waals surface area contributed by atoms with Gasteiger partial charge in [-0.25, -0.2) is 8.78 Å². The van der Waals surface area contributed by atoms with Gasteiger partial charge in [-0.3, -0.25) is 0 Å². The van der Waals surface area contributed by atoms with Gasteiger partial charge in [-0.05, 0) is 79.7 Å². The van der Waals surface area contributed by atoms with E-state index < -0.39 is 0 Å². The van der Waals surface area contributed by atoms with Crippen molar-refractivity contribution in [2.24, 2.45) is 11.3 Å². The highest BCUT2D eigenvalue weighted by molar-refractivity contribution is 5.25. The van der Waals surface area contributed by atoms with Crippen molar-refractivity contribution in [2.45, 2.75) is 57.9 Å². The first kappa shape index (κ1) is 15.0. The van der Waals surface area contributed by atoms with Crippen LogP contribution in [0.2, 0.25) is 0 Å². The third-order valence-corrected chi connectivity index (χ3v) is 5.14. The summed E-state index contributed by atoms with van der Waals surface area (Å²) in [5.74, 6) is -0.0511. The van der Waals surface area contributed by atoms with Gasteiger partial charge in [-0.1, -0.05) is 13.8 Å². The van der Waals surface area contributed by atoms with Crippen molar-refractivity contribution >= 4 is 0 Å². The van der Waals surface area contributed by atoms with E-state index >= 15 is 0 Å². The van der Waals surface area contributed by atoms with E-state index in [0.717, 1.165) is 25.8 Å². The average molecular weight is 293 g/mol. The van der Waals surface area contributed by atoms with Gasteiger partial charge in [-0.2, -0.15) is 0 Å². The van der Waals surface area contributed by atoms with Crippen LogP contribution in [0.15, 0.2) is 18.2 Å². The monoisotopic (exact) mass is 293 g/mol. The first-order chi connectivity index (χ1) is 9.94. The van der Waals surface area contributed by atoms with Gasteiger partial charge in [0.05, 0.1) is 0 Å². The van der Waals surface area contributed by atoms with Crippen LogP contribution < -0.4 is 5.32 Å². The molecule has 2 atom stereocenters. The number of nitrogens with one attached hydrogen (secondary N) is 1. The fourth-order valence-electron chi connectivity index (χ4n) is 3.65. The molecule has 3 rings (SSSR count). The average Bonchev–Trinajstić information content (AvgIpc) is 3.23. The Morgan fingerprint density at radius 2 is 1.95 bits per heavy atom. The number of halogens is 2. The minimum Gasteiger partial charge on any atom is -0.314 e. The molecule has 1 N–H and O–H groups in total. The smallest absolute Gasteiger partial charge is 0.126 e. The number of benzene rings is 1. The molecule has 2 aliphatic rings. The van der Waals surface area contributed by atoms with Crippen LogP contribution in [-0.2, 0) is 0 Å². The topological polar surface area (TPSA) is 12.0 Å². The molecule has 1 nitrogen and oxygen atoms in total. The molecule has 3 heteroatoms. The summed E-state index contributed by atoms with van der Waals surface area (Å²) < 4.78 is 27.8. The molecule has 0 amide bonds. The second kappa shape index (κ2) is 5.68. The lowest BCUT2D eigenvalue weighted by Gasteiger charge is -2.41.